The summed E-state index contributed by atoms with van der Waals surface area (Å²) >= 11 is 12.0. The highest BCUT2D eigenvalue weighted by Crippen LogP contribution is 2.24. The smallest absolute Gasteiger partial charge is 0.328 e. The van der Waals surface area contributed by atoms with Gasteiger partial charge >= 0.3 is 5.97 Å². The lowest BCUT2D eigenvalue weighted by molar-refractivity contribution is -0.145. The molecule has 0 bridgehead atoms. The minimum Gasteiger partial charge on any atom is -0.508 e. The van der Waals surface area contributed by atoms with Gasteiger partial charge in [0.1, 0.15) is 11.8 Å². The maximum Gasteiger partial charge on any atom is 0.328 e. The van der Waals surface area contributed by atoms with E-state index in [2.05, 4.69) is 5.32 Å². The van der Waals surface area contributed by atoms with Crippen molar-refractivity contribution in [2.45, 2.75) is 44.6 Å². The van der Waals surface area contributed by atoms with Gasteiger partial charge in [-0.05, 0) is 60.6 Å². The van der Waals surface area contributed by atoms with Crippen LogP contribution < -0.4 is 5.32 Å². The number of nitrogens with zero attached hydrogens (tertiary/aromatic N) is 1. The number of hydrogen-bond donors (Lipinski definition) is 2. The zero-order valence-corrected chi connectivity index (χ0v) is 21.1. The maximum atomic E-state index is 12.7. The van der Waals surface area contributed by atoms with Crippen LogP contribution in [0, 0.1) is 5.92 Å². The molecule has 7 nitrogen and oxygen atoms in total. The van der Waals surface area contributed by atoms with Crippen molar-refractivity contribution in [2.24, 2.45) is 5.92 Å². The Balaban J connectivity index is 1.44. The first-order chi connectivity index (χ1) is 16.7. The molecule has 1 aliphatic rings. The number of nitrogens with one attached hydrogen (secondary N) is 1. The summed E-state index contributed by atoms with van der Waals surface area (Å²) < 4.78 is 4.85. The van der Waals surface area contributed by atoms with E-state index in [1.54, 1.807) is 24.3 Å². The summed E-state index contributed by atoms with van der Waals surface area (Å²) in [6, 6.07) is 11.0. The van der Waals surface area contributed by atoms with Gasteiger partial charge in [0.05, 0.1) is 17.2 Å². The average Bonchev–Trinajstić information content (AvgIpc) is 2.85. The van der Waals surface area contributed by atoms with Crippen molar-refractivity contribution in [2.75, 3.05) is 20.2 Å². The fourth-order valence-corrected chi connectivity index (χ4v) is 4.53. The Morgan fingerprint density at radius 2 is 1.71 bits per heavy atom. The van der Waals surface area contributed by atoms with Gasteiger partial charge in [-0.2, -0.15) is 0 Å². The summed E-state index contributed by atoms with van der Waals surface area (Å²) in [7, 11) is 1.28. The number of hydrogen-bond acceptors (Lipinski definition) is 5. The number of aryl methyl sites for hydroxylation is 1. The van der Waals surface area contributed by atoms with Crippen molar-refractivity contribution in [1.82, 2.24) is 10.2 Å². The van der Waals surface area contributed by atoms with Crippen LogP contribution in [0.5, 0.6) is 5.75 Å². The number of likely N-dealkylation sites (tertiary alicyclic amines) is 1. The van der Waals surface area contributed by atoms with Crippen molar-refractivity contribution in [1.29, 1.82) is 0 Å². The molecule has 0 saturated carbocycles. The molecule has 3 rings (SSSR count). The lowest BCUT2D eigenvalue weighted by atomic mass is 9.92. The zero-order chi connectivity index (χ0) is 25.4. The third-order valence-corrected chi connectivity index (χ3v) is 6.99. The number of piperidine rings is 1. The van der Waals surface area contributed by atoms with Crippen LogP contribution in [-0.4, -0.2) is 54.0 Å². The molecule has 2 N–H and O–H groups in total. The number of phenolic OH excluding ortho intramolecular Hbond substituents is 1. The van der Waals surface area contributed by atoms with E-state index in [-0.39, 0.29) is 36.3 Å². The van der Waals surface area contributed by atoms with E-state index in [1.165, 1.54) is 19.2 Å². The summed E-state index contributed by atoms with van der Waals surface area (Å²) in [5.41, 5.74) is 1.76. The highest BCUT2D eigenvalue weighted by Gasteiger charge is 2.27. The molecule has 2 amide bonds. The van der Waals surface area contributed by atoms with Gasteiger partial charge in [-0.15, -0.1) is 0 Å². The Labute approximate surface area is 215 Å². The lowest BCUT2D eigenvalue weighted by Crippen LogP contribution is -2.44. The third kappa shape index (κ3) is 8.15. The number of amides is 2. The van der Waals surface area contributed by atoms with E-state index in [0.29, 0.717) is 36.0 Å². The molecule has 2 aromatic rings. The summed E-state index contributed by atoms with van der Waals surface area (Å²) in [4.78, 5) is 39.3. The first kappa shape index (κ1) is 26.8. The van der Waals surface area contributed by atoms with Crippen LogP contribution in [-0.2, 0) is 32.0 Å². The number of benzene rings is 2. The first-order valence-corrected chi connectivity index (χ1v) is 12.4. The van der Waals surface area contributed by atoms with Crippen LogP contribution in [0.2, 0.25) is 10.0 Å². The molecule has 9 heteroatoms. The Hall–Kier alpha value is -2.77. The minimum absolute atomic E-state index is 0.0821. The Morgan fingerprint density at radius 3 is 2.34 bits per heavy atom. The third-order valence-electron chi connectivity index (χ3n) is 6.25. The van der Waals surface area contributed by atoms with Crippen molar-refractivity contribution < 1.29 is 24.2 Å². The fraction of sp³-hybridized carbons (Fsp3) is 0.423. The van der Waals surface area contributed by atoms with Crippen LogP contribution in [0.25, 0.3) is 0 Å². The molecule has 1 saturated heterocycles. The van der Waals surface area contributed by atoms with E-state index in [4.69, 9.17) is 27.9 Å². The van der Waals surface area contributed by atoms with Gasteiger partial charge in [-0.25, -0.2) is 4.79 Å². The van der Waals surface area contributed by atoms with Crippen molar-refractivity contribution in [3.05, 3.63) is 63.6 Å². The SMILES string of the molecule is COC(=O)[C@H](Cc1ccc(O)cc1)NC(=O)CC1CCN(C(=O)CCc2ccc(Cl)c(Cl)c2)CC1. The van der Waals surface area contributed by atoms with Crippen LogP contribution in [0.15, 0.2) is 42.5 Å². The van der Waals surface area contributed by atoms with Crippen molar-refractivity contribution in [3.8, 4) is 5.75 Å². The standard InChI is InChI=1S/C26H30Cl2N2O5/c1-35-26(34)23(15-18-2-6-20(31)7-3-18)29-24(32)16-19-10-12-30(13-11-19)25(33)9-5-17-4-8-21(27)22(28)14-17/h2-4,6-8,14,19,23,31H,5,9-13,15-16H2,1H3,(H,29,32)/t23-/m0/s1. The van der Waals surface area contributed by atoms with Crippen LogP contribution in [0.4, 0.5) is 0 Å². The molecule has 1 atom stereocenters. The maximum absolute atomic E-state index is 12.7. The quantitative estimate of drug-likeness (QED) is 0.484. The second-order valence-electron chi connectivity index (χ2n) is 8.79. The lowest BCUT2D eigenvalue weighted by Gasteiger charge is -2.32. The van der Waals surface area contributed by atoms with E-state index >= 15 is 0 Å². The van der Waals surface area contributed by atoms with Gasteiger partial charge in [0.15, 0.2) is 0 Å². The first-order valence-electron chi connectivity index (χ1n) is 11.6. The fourth-order valence-electron chi connectivity index (χ4n) is 4.21. The van der Waals surface area contributed by atoms with Crippen LogP contribution >= 0.6 is 23.2 Å². The minimum atomic E-state index is -0.805. The Bertz CT molecular complexity index is 1040. The molecule has 188 valence electrons. The molecule has 0 radical (unpaired) electrons. The number of halogens is 2. The van der Waals surface area contributed by atoms with Gasteiger partial charge in [-0.3, -0.25) is 9.59 Å². The van der Waals surface area contributed by atoms with E-state index in [0.717, 1.165) is 24.0 Å². The summed E-state index contributed by atoms with van der Waals surface area (Å²) in [6.07, 6.45) is 2.99. The molecular weight excluding hydrogens is 491 g/mol. The Morgan fingerprint density at radius 1 is 1.06 bits per heavy atom. The summed E-state index contributed by atoms with van der Waals surface area (Å²) in [6.45, 7) is 1.21. The average molecular weight is 521 g/mol. The van der Waals surface area contributed by atoms with Crippen LogP contribution in [0.3, 0.4) is 0 Å². The molecule has 2 aromatic carbocycles. The molecular formula is C26H30Cl2N2O5. The number of carbonyl (C=O) groups is 3. The van der Waals surface area contributed by atoms with Crippen molar-refractivity contribution in [3.63, 3.8) is 0 Å². The number of phenols is 1. The molecule has 0 aromatic heterocycles. The zero-order valence-electron chi connectivity index (χ0n) is 19.6. The number of ether oxygens (including phenoxy) is 1. The largest absolute Gasteiger partial charge is 0.508 e. The monoisotopic (exact) mass is 520 g/mol. The normalized spacial score (nSPS) is 14.9. The Kier molecular flexibility index (Phi) is 9.81. The van der Waals surface area contributed by atoms with Gasteiger partial charge in [-0.1, -0.05) is 41.4 Å². The van der Waals surface area contributed by atoms with Gasteiger partial charge in [0.2, 0.25) is 11.8 Å². The number of methoxy groups -OCH3 is 1. The second kappa shape index (κ2) is 12.8. The molecule has 0 unspecified atom stereocenters. The number of carbonyl (C=O) groups excluding carboxylic acids is 3. The van der Waals surface area contributed by atoms with Crippen LogP contribution in [0.1, 0.15) is 36.8 Å². The van der Waals surface area contributed by atoms with Gasteiger partial charge < -0.3 is 20.1 Å². The van der Waals surface area contributed by atoms with Gasteiger partial charge in [0, 0.05) is 32.4 Å². The molecule has 1 heterocycles. The molecule has 35 heavy (non-hydrogen) atoms. The van der Waals surface area contributed by atoms with Gasteiger partial charge in [0.25, 0.3) is 0 Å². The van der Waals surface area contributed by atoms with E-state index in [9.17, 15) is 19.5 Å². The molecule has 0 spiro atoms. The van der Waals surface area contributed by atoms with E-state index in [1.807, 2.05) is 11.0 Å². The predicted molar refractivity (Wildman–Crippen MR) is 134 cm³/mol. The summed E-state index contributed by atoms with van der Waals surface area (Å²) in [5, 5.41) is 13.2. The molecule has 1 fully saturated rings. The highest BCUT2D eigenvalue weighted by atomic mass is 35.5. The van der Waals surface area contributed by atoms with Crippen molar-refractivity contribution >= 4 is 41.0 Å². The predicted octanol–water partition coefficient (Wildman–Crippen LogP) is 4.16. The highest BCUT2D eigenvalue weighted by molar-refractivity contribution is 6.42. The molecule has 0 aliphatic carbocycles. The summed E-state index contributed by atoms with van der Waals surface area (Å²) in [5.74, 6) is -0.385. The number of rotatable bonds is 9. The topological polar surface area (TPSA) is 95.9 Å². The van der Waals surface area contributed by atoms with E-state index < -0.39 is 12.0 Å². The molecule has 1 aliphatic heterocycles. The number of esters is 1. The number of aromatic hydroxyl groups is 1. The second-order valence-corrected chi connectivity index (χ2v) is 9.60.